The number of aromatic amines is 1. The van der Waals surface area contributed by atoms with Crippen molar-refractivity contribution in [3.05, 3.63) is 50.0 Å². The molecule has 1 aliphatic rings. The van der Waals surface area contributed by atoms with Gasteiger partial charge in [-0.05, 0) is 31.0 Å². The van der Waals surface area contributed by atoms with Crippen LogP contribution in [0.4, 0.5) is 0 Å². The van der Waals surface area contributed by atoms with Gasteiger partial charge in [0.2, 0.25) is 5.56 Å². The number of H-pyrrole nitrogens is 1. The molecule has 118 valence electrons. The third-order valence-electron chi connectivity index (χ3n) is 4.58. The van der Waals surface area contributed by atoms with Gasteiger partial charge in [0.25, 0.3) is 5.56 Å². The van der Waals surface area contributed by atoms with E-state index >= 15 is 0 Å². The quantitative estimate of drug-likeness (QED) is 0.664. The lowest BCUT2D eigenvalue weighted by Gasteiger charge is -2.28. The molecule has 0 fully saturated rings. The van der Waals surface area contributed by atoms with Crippen molar-refractivity contribution < 1.29 is 4.74 Å². The van der Waals surface area contributed by atoms with Crippen molar-refractivity contribution in [1.29, 1.82) is 0 Å². The molecule has 1 atom stereocenters. The molecule has 2 aromatic heterocycles. The van der Waals surface area contributed by atoms with E-state index in [0.29, 0.717) is 29.9 Å². The van der Waals surface area contributed by atoms with Gasteiger partial charge in [0.05, 0.1) is 17.1 Å². The Morgan fingerprint density at radius 3 is 2.70 bits per heavy atom. The van der Waals surface area contributed by atoms with Gasteiger partial charge in [-0.1, -0.05) is 0 Å². The van der Waals surface area contributed by atoms with E-state index in [2.05, 4.69) is 4.98 Å². The van der Waals surface area contributed by atoms with Gasteiger partial charge in [-0.15, -0.1) is 0 Å². The van der Waals surface area contributed by atoms with Crippen molar-refractivity contribution in [2.45, 2.75) is 19.9 Å². The van der Waals surface area contributed by atoms with Crippen molar-refractivity contribution in [2.75, 3.05) is 13.2 Å². The van der Waals surface area contributed by atoms with Crippen molar-refractivity contribution >= 4 is 21.8 Å². The van der Waals surface area contributed by atoms with Crippen LogP contribution in [0.3, 0.4) is 0 Å². The van der Waals surface area contributed by atoms with Crippen LogP contribution in [-0.4, -0.2) is 22.7 Å². The fraction of sp³-hybridized carbons (Fsp3) is 0.294. The zero-order valence-corrected chi connectivity index (χ0v) is 13.0. The number of hydrogen-bond donors (Lipinski definition) is 2. The lowest BCUT2D eigenvalue weighted by molar-refractivity contribution is 0.239. The lowest BCUT2D eigenvalue weighted by Crippen LogP contribution is -2.36. The van der Waals surface area contributed by atoms with Gasteiger partial charge >= 0.3 is 0 Å². The number of ether oxygens (including phenoxy) is 1. The molecule has 4 rings (SSSR count). The number of nitrogens with zero attached hydrogens (tertiary/aromatic N) is 1. The predicted molar refractivity (Wildman–Crippen MR) is 89.4 cm³/mol. The summed E-state index contributed by atoms with van der Waals surface area (Å²) in [7, 11) is 0. The Bertz CT molecular complexity index is 1080. The second-order valence-electron chi connectivity index (χ2n) is 6.08. The number of nitrogens with two attached hydrogens (primary N) is 1. The van der Waals surface area contributed by atoms with E-state index in [1.54, 1.807) is 16.7 Å². The molecule has 1 aliphatic heterocycles. The third-order valence-corrected chi connectivity index (χ3v) is 4.58. The molecule has 3 N–H and O–H groups in total. The topological polar surface area (TPSA) is 90.1 Å². The molecule has 6 nitrogen and oxygen atoms in total. The van der Waals surface area contributed by atoms with Crippen LogP contribution in [0.25, 0.3) is 21.8 Å². The molecule has 0 saturated heterocycles. The van der Waals surface area contributed by atoms with Gasteiger partial charge < -0.3 is 15.5 Å². The molecular weight excluding hydrogens is 294 g/mol. The van der Waals surface area contributed by atoms with Crippen molar-refractivity contribution in [3.63, 3.8) is 0 Å². The van der Waals surface area contributed by atoms with Crippen LogP contribution in [0.5, 0.6) is 5.75 Å². The Hall–Kier alpha value is -2.60. The maximum Gasteiger partial charge on any atom is 0.251 e. The summed E-state index contributed by atoms with van der Waals surface area (Å²) in [5.74, 6) is 0.559. The van der Waals surface area contributed by atoms with Gasteiger partial charge in [-0.25, -0.2) is 0 Å². The molecule has 0 amide bonds. The Morgan fingerprint density at radius 2 is 1.96 bits per heavy atom. The SMILES string of the molecule is Cc1cc(=O)[nH]c2c3c4c(cc12)c(C)cc(=O)n4C(CN)CO3. The summed E-state index contributed by atoms with van der Waals surface area (Å²) in [5.41, 5.74) is 8.64. The standard InChI is InChI=1S/C17H17N3O3/c1-8-3-13(21)19-15-11(8)5-12-9(2)4-14(22)20-10(6-18)7-23-17(15)16(12)20/h3-5,10H,6-7,18H2,1-2H3,(H,19,21). The molecule has 1 aromatic carbocycles. The normalized spacial score (nSPS) is 16.7. The van der Waals surface area contributed by atoms with Crippen LogP contribution >= 0.6 is 0 Å². The first-order valence-corrected chi connectivity index (χ1v) is 7.56. The molecular formula is C17H17N3O3. The van der Waals surface area contributed by atoms with E-state index in [1.165, 1.54) is 0 Å². The predicted octanol–water partition coefficient (Wildman–Crippen LogP) is 1.35. The van der Waals surface area contributed by atoms with Gasteiger partial charge in [0.1, 0.15) is 6.61 Å². The molecule has 1 unspecified atom stereocenters. The lowest BCUT2D eigenvalue weighted by atomic mass is 10.0. The van der Waals surface area contributed by atoms with Crippen molar-refractivity contribution in [3.8, 4) is 5.75 Å². The largest absolute Gasteiger partial charge is 0.487 e. The molecule has 0 radical (unpaired) electrons. The molecule has 6 heteroatoms. The molecule has 3 aromatic rings. The average Bonchev–Trinajstić information content (AvgIpc) is 2.51. The smallest absolute Gasteiger partial charge is 0.251 e. The molecule has 0 bridgehead atoms. The fourth-order valence-corrected chi connectivity index (χ4v) is 3.43. The molecule has 0 spiro atoms. The first kappa shape index (κ1) is 14.0. The van der Waals surface area contributed by atoms with Crippen LogP contribution in [0.2, 0.25) is 0 Å². The van der Waals surface area contributed by atoms with Crippen LogP contribution in [0.1, 0.15) is 17.2 Å². The summed E-state index contributed by atoms with van der Waals surface area (Å²) in [6.07, 6.45) is 0. The summed E-state index contributed by atoms with van der Waals surface area (Å²) < 4.78 is 7.62. The van der Waals surface area contributed by atoms with Gasteiger partial charge in [0.15, 0.2) is 5.75 Å². The number of fused-ring (bicyclic) bond motifs is 2. The molecule has 23 heavy (non-hydrogen) atoms. The van der Waals surface area contributed by atoms with E-state index in [1.807, 2.05) is 19.9 Å². The Kier molecular flexibility index (Phi) is 2.86. The number of benzene rings is 1. The van der Waals surface area contributed by atoms with Crippen LogP contribution in [0.15, 0.2) is 27.8 Å². The highest BCUT2D eigenvalue weighted by Gasteiger charge is 2.26. The van der Waals surface area contributed by atoms with E-state index < -0.39 is 0 Å². The van der Waals surface area contributed by atoms with Gasteiger partial charge in [-0.2, -0.15) is 0 Å². The van der Waals surface area contributed by atoms with Crippen LogP contribution in [-0.2, 0) is 0 Å². The third kappa shape index (κ3) is 1.85. The maximum absolute atomic E-state index is 12.5. The second kappa shape index (κ2) is 4.70. The van der Waals surface area contributed by atoms with E-state index in [-0.39, 0.29) is 17.2 Å². The summed E-state index contributed by atoms with van der Waals surface area (Å²) >= 11 is 0. The maximum atomic E-state index is 12.5. The van der Waals surface area contributed by atoms with Crippen molar-refractivity contribution in [1.82, 2.24) is 9.55 Å². The van der Waals surface area contributed by atoms with Crippen molar-refractivity contribution in [2.24, 2.45) is 5.73 Å². The molecule has 3 heterocycles. The number of hydrogen-bond acceptors (Lipinski definition) is 4. The summed E-state index contributed by atoms with van der Waals surface area (Å²) in [6, 6.07) is 5.00. The van der Waals surface area contributed by atoms with E-state index in [4.69, 9.17) is 10.5 Å². The van der Waals surface area contributed by atoms with Gasteiger partial charge in [0, 0.05) is 29.4 Å². The minimum Gasteiger partial charge on any atom is -0.487 e. The average molecular weight is 311 g/mol. The van der Waals surface area contributed by atoms with E-state index in [0.717, 1.165) is 21.9 Å². The number of rotatable bonds is 1. The zero-order valence-electron chi connectivity index (χ0n) is 13.0. The fourth-order valence-electron chi connectivity index (χ4n) is 3.43. The minimum atomic E-state index is -0.202. The Morgan fingerprint density at radius 1 is 1.22 bits per heavy atom. The first-order valence-electron chi connectivity index (χ1n) is 7.56. The van der Waals surface area contributed by atoms with Crippen LogP contribution < -0.4 is 21.6 Å². The second-order valence-corrected chi connectivity index (χ2v) is 6.08. The zero-order chi connectivity index (χ0) is 16.3. The monoisotopic (exact) mass is 311 g/mol. The summed E-state index contributed by atoms with van der Waals surface area (Å²) in [4.78, 5) is 27.2. The Balaban J connectivity index is 2.32. The summed E-state index contributed by atoms with van der Waals surface area (Å²) in [5, 5.41) is 1.87. The number of nitrogens with one attached hydrogen (secondary N) is 1. The van der Waals surface area contributed by atoms with Crippen LogP contribution in [0, 0.1) is 13.8 Å². The number of aryl methyl sites for hydroxylation is 2. The highest BCUT2D eigenvalue weighted by atomic mass is 16.5. The number of aromatic nitrogens is 2. The van der Waals surface area contributed by atoms with E-state index in [9.17, 15) is 9.59 Å². The van der Waals surface area contributed by atoms with Gasteiger partial charge in [-0.3, -0.25) is 14.2 Å². The minimum absolute atomic E-state index is 0.0932. The Labute approximate surface area is 131 Å². The summed E-state index contributed by atoms with van der Waals surface area (Å²) in [6.45, 7) is 4.44. The highest BCUT2D eigenvalue weighted by Crippen LogP contribution is 2.38. The number of pyridine rings is 2. The molecule has 0 aliphatic carbocycles. The first-order chi connectivity index (χ1) is 11.0. The highest BCUT2D eigenvalue weighted by molar-refractivity contribution is 6.04. The molecule has 0 saturated carbocycles.